The van der Waals surface area contributed by atoms with Gasteiger partial charge in [-0.2, -0.15) is 0 Å². The van der Waals surface area contributed by atoms with Crippen molar-refractivity contribution in [2.24, 2.45) is 5.92 Å². The summed E-state index contributed by atoms with van der Waals surface area (Å²) in [6.45, 7) is 2.84. The van der Waals surface area contributed by atoms with Crippen LogP contribution >= 0.6 is 0 Å². The Labute approximate surface area is 96.4 Å². The van der Waals surface area contributed by atoms with Gasteiger partial charge in [0.1, 0.15) is 5.92 Å². The van der Waals surface area contributed by atoms with Crippen LogP contribution in [0.2, 0.25) is 0 Å². The second-order valence-electron chi connectivity index (χ2n) is 3.67. The summed E-state index contributed by atoms with van der Waals surface area (Å²) in [5, 5.41) is 35.8. The van der Waals surface area contributed by atoms with E-state index in [2.05, 4.69) is 4.74 Å². The first-order chi connectivity index (χ1) is 7.59. The van der Waals surface area contributed by atoms with Crippen LogP contribution in [0.15, 0.2) is 0 Å². The van der Waals surface area contributed by atoms with E-state index in [4.69, 9.17) is 10.2 Å². The monoisotopic (exact) mass is 250 g/mol. The summed E-state index contributed by atoms with van der Waals surface area (Å²) in [4.78, 5) is 32.3. The van der Waals surface area contributed by atoms with Crippen molar-refractivity contribution in [1.82, 2.24) is 0 Å². The molecule has 0 aromatic heterocycles. The van der Waals surface area contributed by atoms with Crippen LogP contribution in [-0.2, 0) is 19.1 Å². The molecule has 0 aliphatic rings. The molecule has 0 aliphatic carbocycles. The Hall–Kier alpha value is -1.67. The minimum Gasteiger partial charge on any atom is -0.481 e. The number of carbonyl (C=O) groups is 3. The molecule has 98 valence electrons. The van der Waals surface area contributed by atoms with Gasteiger partial charge < -0.3 is 25.2 Å². The van der Waals surface area contributed by atoms with Crippen LogP contribution in [0.4, 0.5) is 0 Å². The molecule has 0 aromatic rings. The smallest absolute Gasteiger partial charge is 0.367 e. The SMILES string of the molecule is CC(C)OC(=O)C(O)(O)C(CC(=O)O)C(=O)O. The molecule has 0 fully saturated rings. The van der Waals surface area contributed by atoms with E-state index in [9.17, 15) is 24.6 Å². The van der Waals surface area contributed by atoms with Gasteiger partial charge in [0.2, 0.25) is 0 Å². The number of aliphatic carboxylic acids is 2. The van der Waals surface area contributed by atoms with Crippen LogP contribution < -0.4 is 0 Å². The molecule has 1 unspecified atom stereocenters. The van der Waals surface area contributed by atoms with Gasteiger partial charge in [0.25, 0.3) is 5.79 Å². The largest absolute Gasteiger partial charge is 0.481 e. The summed E-state index contributed by atoms with van der Waals surface area (Å²) < 4.78 is 4.43. The topological polar surface area (TPSA) is 141 Å². The van der Waals surface area contributed by atoms with E-state index < -0.39 is 42.1 Å². The van der Waals surface area contributed by atoms with Gasteiger partial charge in [0.15, 0.2) is 0 Å². The average molecular weight is 250 g/mol. The van der Waals surface area contributed by atoms with Crippen molar-refractivity contribution in [2.45, 2.75) is 32.2 Å². The number of carboxylic acid groups (broad SMARTS) is 2. The Balaban J connectivity index is 5.00. The van der Waals surface area contributed by atoms with Crippen LogP contribution in [0.25, 0.3) is 0 Å². The Kier molecular flexibility index (Phi) is 5.05. The maximum Gasteiger partial charge on any atom is 0.367 e. The van der Waals surface area contributed by atoms with Gasteiger partial charge in [-0.05, 0) is 13.8 Å². The fourth-order valence-electron chi connectivity index (χ4n) is 1.02. The predicted molar refractivity (Wildman–Crippen MR) is 51.8 cm³/mol. The molecule has 8 heteroatoms. The van der Waals surface area contributed by atoms with Crippen LogP contribution in [-0.4, -0.2) is 50.2 Å². The molecular formula is C9H14O8. The zero-order chi connectivity index (χ0) is 13.8. The number of aliphatic hydroxyl groups is 2. The van der Waals surface area contributed by atoms with E-state index in [1.807, 2.05) is 0 Å². The van der Waals surface area contributed by atoms with Crippen molar-refractivity contribution in [2.75, 3.05) is 0 Å². The first-order valence-electron chi connectivity index (χ1n) is 4.69. The van der Waals surface area contributed by atoms with E-state index in [1.54, 1.807) is 0 Å². The fraction of sp³-hybridized carbons (Fsp3) is 0.667. The molecule has 0 spiro atoms. The molecule has 0 aromatic carbocycles. The zero-order valence-corrected chi connectivity index (χ0v) is 9.28. The molecule has 0 aliphatic heterocycles. The predicted octanol–water partition coefficient (Wildman–Crippen LogP) is -1.21. The molecule has 8 nitrogen and oxygen atoms in total. The Morgan fingerprint density at radius 1 is 1.18 bits per heavy atom. The molecule has 4 N–H and O–H groups in total. The zero-order valence-electron chi connectivity index (χ0n) is 9.28. The lowest BCUT2D eigenvalue weighted by atomic mass is 9.95. The number of hydrogen-bond acceptors (Lipinski definition) is 6. The van der Waals surface area contributed by atoms with Gasteiger partial charge in [0.05, 0.1) is 12.5 Å². The Bertz CT molecular complexity index is 319. The quantitative estimate of drug-likeness (QED) is 0.340. The van der Waals surface area contributed by atoms with Gasteiger partial charge in [-0.25, -0.2) is 4.79 Å². The molecule has 0 saturated heterocycles. The first-order valence-corrected chi connectivity index (χ1v) is 4.69. The van der Waals surface area contributed by atoms with Crippen LogP contribution in [0.1, 0.15) is 20.3 Å². The van der Waals surface area contributed by atoms with Crippen LogP contribution in [0.5, 0.6) is 0 Å². The minimum absolute atomic E-state index is 0.694. The first kappa shape index (κ1) is 15.3. The number of ether oxygens (including phenoxy) is 1. The lowest BCUT2D eigenvalue weighted by Crippen LogP contribution is -2.51. The molecular weight excluding hydrogens is 236 g/mol. The Morgan fingerprint density at radius 2 is 1.65 bits per heavy atom. The molecule has 0 saturated carbocycles. The minimum atomic E-state index is -3.38. The molecule has 0 bridgehead atoms. The van der Waals surface area contributed by atoms with Gasteiger partial charge >= 0.3 is 17.9 Å². The van der Waals surface area contributed by atoms with Crippen molar-refractivity contribution < 1.29 is 39.5 Å². The summed E-state index contributed by atoms with van der Waals surface area (Å²) in [7, 11) is 0. The Morgan fingerprint density at radius 3 is 1.94 bits per heavy atom. The molecule has 17 heavy (non-hydrogen) atoms. The second kappa shape index (κ2) is 5.60. The van der Waals surface area contributed by atoms with E-state index in [1.165, 1.54) is 13.8 Å². The number of carboxylic acids is 2. The number of hydrogen-bond donors (Lipinski definition) is 4. The van der Waals surface area contributed by atoms with E-state index in [0.717, 1.165) is 0 Å². The normalized spacial score (nSPS) is 13.2. The number of carbonyl (C=O) groups excluding carboxylic acids is 1. The number of esters is 1. The third-order valence-electron chi connectivity index (χ3n) is 1.81. The number of rotatable bonds is 6. The summed E-state index contributed by atoms with van der Waals surface area (Å²) in [6.07, 6.45) is -1.81. The van der Waals surface area contributed by atoms with Crippen molar-refractivity contribution in [3.8, 4) is 0 Å². The summed E-state index contributed by atoms with van der Waals surface area (Å²) in [6, 6.07) is 0. The standard InChI is InChI=1S/C9H14O8/c1-4(2)17-8(14)9(15,16)5(7(12)13)3-6(10)11/h4-5,15-16H,3H2,1-2H3,(H,10,11)(H,12,13). The van der Waals surface area contributed by atoms with Crippen molar-refractivity contribution >= 4 is 17.9 Å². The second-order valence-corrected chi connectivity index (χ2v) is 3.67. The maximum atomic E-state index is 11.2. The molecule has 0 amide bonds. The van der Waals surface area contributed by atoms with E-state index in [0.29, 0.717) is 0 Å². The van der Waals surface area contributed by atoms with Gasteiger partial charge in [-0.1, -0.05) is 0 Å². The maximum absolute atomic E-state index is 11.2. The average Bonchev–Trinajstić information content (AvgIpc) is 2.11. The highest BCUT2D eigenvalue weighted by Gasteiger charge is 2.49. The summed E-state index contributed by atoms with van der Waals surface area (Å²) in [5.41, 5.74) is 0. The van der Waals surface area contributed by atoms with Crippen molar-refractivity contribution in [3.63, 3.8) is 0 Å². The van der Waals surface area contributed by atoms with E-state index in [-0.39, 0.29) is 0 Å². The third kappa shape index (κ3) is 4.37. The lowest BCUT2D eigenvalue weighted by molar-refractivity contribution is -0.234. The molecule has 0 radical (unpaired) electrons. The summed E-state index contributed by atoms with van der Waals surface area (Å²) in [5.74, 6) is -10.6. The summed E-state index contributed by atoms with van der Waals surface area (Å²) >= 11 is 0. The fourth-order valence-corrected chi connectivity index (χ4v) is 1.02. The molecule has 1 atom stereocenters. The molecule has 0 heterocycles. The van der Waals surface area contributed by atoms with Crippen molar-refractivity contribution in [3.05, 3.63) is 0 Å². The highest BCUT2D eigenvalue weighted by molar-refractivity contribution is 5.87. The highest BCUT2D eigenvalue weighted by Crippen LogP contribution is 2.21. The van der Waals surface area contributed by atoms with E-state index >= 15 is 0 Å². The van der Waals surface area contributed by atoms with Gasteiger partial charge in [-0.15, -0.1) is 0 Å². The van der Waals surface area contributed by atoms with Crippen LogP contribution in [0.3, 0.4) is 0 Å². The molecule has 0 rings (SSSR count). The van der Waals surface area contributed by atoms with Gasteiger partial charge in [0, 0.05) is 0 Å². The van der Waals surface area contributed by atoms with Crippen LogP contribution in [0, 0.1) is 5.92 Å². The third-order valence-corrected chi connectivity index (χ3v) is 1.81. The van der Waals surface area contributed by atoms with Gasteiger partial charge in [-0.3, -0.25) is 9.59 Å². The lowest BCUT2D eigenvalue weighted by Gasteiger charge is -2.25. The highest BCUT2D eigenvalue weighted by atomic mass is 16.6. The van der Waals surface area contributed by atoms with Crippen molar-refractivity contribution in [1.29, 1.82) is 0 Å².